The van der Waals surface area contributed by atoms with Gasteiger partial charge in [-0.3, -0.25) is 9.78 Å². The van der Waals surface area contributed by atoms with Crippen molar-refractivity contribution < 1.29 is 14.3 Å². The molecule has 0 radical (unpaired) electrons. The fourth-order valence-electron chi connectivity index (χ4n) is 3.58. The van der Waals surface area contributed by atoms with Crippen molar-refractivity contribution in [1.82, 2.24) is 10.3 Å². The first kappa shape index (κ1) is 17.5. The van der Waals surface area contributed by atoms with E-state index in [0.717, 1.165) is 36.1 Å². The van der Waals surface area contributed by atoms with Crippen LogP contribution >= 0.6 is 0 Å². The summed E-state index contributed by atoms with van der Waals surface area (Å²) in [5, 5.41) is 12.9. The second-order valence-electron chi connectivity index (χ2n) is 7.08. The van der Waals surface area contributed by atoms with Gasteiger partial charge in [0.15, 0.2) is 0 Å². The third-order valence-electron chi connectivity index (χ3n) is 5.17. The van der Waals surface area contributed by atoms with Crippen LogP contribution in [0.2, 0.25) is 0 Å². The number of pyridine rings is 1. The lowest BCUT2D eigenvalue weighted by molar-refractivity contribution is 0.0239. The molecular weight excluding hydrogens is 340 g/mol. The van der Waals surface area contributed by atoms with Crippen LogP contribution in [0.15, 0.2) is 71.6 Å². The summed E-state index contributed by atoms with van der Waals surface area (Å²) in [6, 6.07) is 15.0. The number of hydrogen-bond acceptors (Lipinski definition) is 4. The van der Waals surface area contributed by atoms with Crippen LogP contribution in [-0.2, 0) is 6.42 Å². The average Bonchev–Trinajstić information content (AvgIpc) is 3.21. The summed E-state index contributed by atoms with van der Waals surface area (Å²) in [5.41, 5.74) is 2.60. The van der Waals surface area contributed by atoms with Gasteiger partial charge in [0.1, 0.15) is 5.76 Å². The monoisotopic (exact) mass is 362 g/mol. The molecule has 1 fully saturated rings. The van der Waals surface area contributed by atoms with Gasteiger partial charge in [-0.1, -0.05) is 12.1 Å². The van der Waals surface area contributed by atoms with Gasteiger partial charge in [0, 0.05) is 29.6 Å². The summed E-state index contributed by atoms with van der Waals surface area (Å²) >= 11 is 0. The number of nitrogens with zero attached hydrogens (tertiary/aromatic N) is 1. The molecule has 4 rings (SSSR count). The number of aromatic nitrogens is 1. The second kappa shape index (κ2) is 7.76. The highest BCUT2D eigenvalue weighted by molar-refractivity contribution is 5.95. The Morgan fingerprint density at radius 2 is 2.00 bits per heavy atom. The fourth-order valence-corrected chi connectivity index (χ4v) is 3.58. The van der Waals surface area contributed by atoms with E-state index in [0.29, 0.717) is 5.56 Å². The van der Waals surface area contributed by atoms with Crippen molar-refractivity contribution in [3.05, 3.63) is 78.3 Å². The SMILES string of the molecule is O=C(NC(Cc1ccncc1)C1CC(O)C1)c1cccc(-c2ccco2)c1. The minimum Gasteiger partial charge on any atom is -0.464 e. The first-order chi connectivity index (χ1) is 13.2. The molecule has 0 saturated heterocycles. The second-order valence-corrected chi connectivity index (χ2v) is 7.08. The van der Waals surface area contributed by atoms with Gasteiger partial charge >= 0.3 is 0 Å². The third-order valence-corrected chi connectivity index (χ3v) is 5.17. The quantitative estimate of drug-likeness (QED) is 0.704. The fraction of sp³-hybridized carbons (Fsp3) is 0.273. The van der Waals surface area contributed by atoms with Gasteiger partial charge in [-0.05, 0) is 67.1 Å². The van der Waals surface area contributed by atoms with Crippen LogP contribution in [0.5, 0.6) is 0 Å². The topological polar surface area (TPSA) is 75.4 Å². The number of benzene rings is 1. The maximum absolute atomic E-state index is 12.9. The standard InChI is InChI=1S/C22H22N2O3/c25-19-13-18(14-19)20(11-15-6-8-23-9-7-15)24-22(26)17-4-1-3-16(12-17)21-5-2-10-27-21/h1-10,12,18-20,25H,11,13-14H2,(H,24,26). The first-order valence-corrected chi connectivity index (χ1v) is 9.21. The van der Waals surface area contributed by atoms with E-state index in [1.54, 1.807) is 24.7 Å². The van der Waals surface area contributed by atoms with E-state index in [4.69, 9.17) is 4.42 Å². The van der Waals surface area contributed by atoms with Crippen LogP contribution in [0, 0.1) is 5.92 Å². The number of carbonyl (C=O) groups is 1. The molecule has 1 aliphatic carbocycles. The number of nitrogens with one attached hydrogen (secondary N) is 1. The normalized spacial score (nSPS) is 19.9. The minimum absolute atomic E-state index is 0.0180. The van der Waals surface area contributed by atoms with E-state index in [1.807, 2.05) is 42.5 Å². The van der Waals surface area contributed by atoms with E-state index in [2.05, 4.69) is 10.3 Å². The van der Waals surface area contributed by atoms with E-state index < -0.39 is 0 Å². The molecule has 2 aromatic heterocycles. The molecule has 1 aliphatic rings. The highest BCUT2D eigenvalue weighted by atomic mass is 16.3. The molecule has 1 aromatic carbocycles. The Morgan fingerprint density at radius 3 is 2.70 bits per heavy atom. The molecule has 27 heavy (non-hydrogen) atoms. The first-order valence-electron chi connectivity index (χ1n) is 9.21. The molecule has 0 aliphatic heterocycles. The lowest BCUT2D eigenvalue weighted by Crippen LogP contribution is -2.48. The zero-order valence-corrected chi connectivity index (χ0v) is 14.9. The molecule has 1 atom stereocenters. The largest absolute Gasteiger partial charge is 0.464 e. The number of aliphatic hydroxyl groups is 1. The summed E-state index contributed by atoms with van der Waals surface area (Å²) in [6.07, 6.45) is 7.06. The predicted molar refractivity (Wildman–Crippen MR) is 102 cm³/mol. The van der Waals surface area contributed by atoms with E-state index in [-0.39, 0.29) is 24.0 Å². The van der Waals surface area contributed by atoms with Gasteiger partial charge in [-0.2, -0.15) is 0 Å². The van der Waals surface area contributed by atoms with Crippen LogP contribution in [0.3, 0.4) is 0 Å². The number of rotatable bonds is 6. The molecule has 2 heterocycles. The smallest absolute Gasteiger partial charge is 0.251 e. The molecule has 2 N–H and O–H groups in total. The van der Waals surface area contributed by atoms with Crippen molar-refractivity contribution in [2.45, 2.75) is 31.4 Å². The Kier molecular flexibility index (Phi) is 5.03. The van der Waals surface area contributed by atoms with Crippen LogP contribution in [0.1, 0.15) is 28.8 Å². The van der Waals surface area contributed by atoms with Crippen molar-refractivity contribution in [2.24, 2.45) is 5.92 Å². The molecule has 1 unspecified atom stereocenters. The zero-order valence-electron chi connectivity index (χ0n) is 14.9. The Labute approximate surface area is 158 Å². The summed E-state index contributed by atoms with van der Waals surface area (Å²) in [6.45, 7) is 0. The molecule has 1 amide bonds. The van der Waals surface area contributed by atoms with Gasteiger partial charge in [-0.15, -0.1) is 0 Å². The Morgan fingerprint density at radius 1 is 1.19 bits per heavy atom. The van der Waals surface area contributed by atoms with Crippen LogP contribution < -0.4 is 5.32 Å². The molecule has 5 nitrogen and oxygen atoms in total. The number of hydrogen-bond donors (Lipinski definition) is 2. The highest BCUT2D eigenvalue weighted by Gasteiger charge is 2.34. The van der Waals surface area contributed by atoms with E-state index in [1.165, 1.54) is 0 Å². The van der Waals surface area contributed by atoms with Crippen LogP contribution in [-0.4, -0.2) is 28.1 Å². The maximum Gasteiger partial charge on any atom is 0.251 e. The Hall–Kier alpha value is -2.92. The number of amides is 1. The van der Waals surface area contributed by atoms with Crippen molar-refractivity contribution in [1.29, 1.82) is 0 Å². The van der Waals surface area contributed by atoms with Crippen molar-refractivity contribution in [2.75, 3.05) is 0 Å². The minimum atomic E-state index is -0.255. The lowest BCUT2D eigenvalue weighted by Gasteiger charge is -2.38. The van der Waals surface area contributed by atoms with Crippen molar-refractivity contribution in [3.63, 3.8) is 0 Å². The molecule has 0 bridgehead atoms. The molecular formula is C22H22N2O3. The third kappa shape index (κ3) is 4.09. The summed E-state index contributed by atoms with van der Waals surface area (Å²) in [5.74, 6) is 0.911. The molecule has 138 valence electrons. The summed E-state index contributed by atoms with van der Waals surface area (Å²) < 4.78 is 5.43. The van der Waals surface area contributed by atoms with E-state index >= 15 is 0 Å². The number of aliphatic hydroxyl groups excluding tert-OH is 1. The number of carbonyl (C=O) groups excluding carboxylic acids is 1. The van der Waals surface area contributed by atoms with Crippen molar-refractivity contribution >= 4 is 5.91 Å². The molecule has 0 spiro atoms. The van der Waals surface area contributed by atoms with Crippen molar-refractivity contribution in [3.8, 4) is 11.3 Å². The number of furan rings is 1. The molecule has 1 saturated carbocycles. The van der Waals surface area contributed by atoms with Gasteiger partial charge in [-0.25, -0.2) is 0 Å². The average molecular weight is 362 g/mol. The summed E-state index contributed by atoms with van der Waals surface area (Å²) in [7, 11) is 0. The molecule has 5 heteroatoms. The Bertz CT molecular complexity index is 887. The van der Waals surface area contributed by atoms with Gasteiger partial charge in [0.25, 0.3) is 5.91 Å². The Balaban J connectivity index is 1.50. The predicted octanol–water partition coefficient (Wildman–Crippen LogP) is 3.45. The highest BCUT2D eigenvalue weighted by Crippen LogP contribution is 2.32. The van der Waals surface area contributed by atoms with Crippen LogP contribution in [0.4, 0.5) is 0 Å². The summed E-state index contributed by atoms with van der Waals surface area (Å²) in [4.78, 5) is 16.9. The lowest BCUT2D eigenvalue weighted by atomic mass is 9.75. The van der Waals surface area contributed by atoms with Crippen LogP contribution in [0.25, 0.3) is 11.3 Å². The van der Waals surface area contributed by atoms with Gasteiger partial charge in [0.05, 0.1) is 12.4 Å². The van der Waals surface area contributed by atoms with Gasteiger partial charge in [0.2, 0.25) is 0 Å². The van der Waals surface area contributed by atoms with Gasteiger partial charge < -0.3 is 14.8 Å². The maximum atomic E-state index is 12.9. The van der Waals surface area contributed by atoms with E-state index in [9.17, 15) is 9.90 Å². The molecule has 3 aromatic rings. The zero-order chi connectivity index (χ0) is 18.6.